The first-order valence-corrected chi connectivity index (χ1v) is 7.93. The van der Waals surface area contributed by atoms with Gasteiger partial charge in [-0.3, -0.25) is 0 Å². The second-order valence-corrected chi connectivity index (χ2v) is 6.84. The topological polar surface area (TPSA) is 0 Å². The first kappa shape index (κ1) is 13.3. The van der Waals surface area contributed by atoms with E-state index in [0.29, 0.717) is 0 Å². The smallest absolute Gasteiger partial charge is 0.00568 e. The van der Waals surface area contributed by atoms with Gasteiger partial charge in [0.05, 0.1) is 0 Å². The molecule has 0 fully saturated rings. The molecule has 0 nitrogen and oxygen atoms in total. The minimum absolute atomic E-state index is 0.193. The Morgan fingerprint density at radius 2 is 1.41 bits per heavy atom. The summed E-state index contributed by atoms with van der Waals surface area (Å²) in [5.41, 5.74) is 8.53. The Labute approximate surface area is 132 Å². The summed E-state index contributed by atoms with van der Waals surface area (Å²) in [6, 6.07) is 26.4. The van der Waals surface area contributed by atoms with Crippen LogP contribution in [0.25, 0.3) is 22.3 Å². The van der Waals surface area contributed by atoms with Crippen LogP contribution in [-0.4, -0.2) is 0 Å². The molecule has 0 aliphatic heterocycles. The molecule has 0 amide bonds. The molecular weight excluding hydrogens is 264 g/mol. The van der Waals surface area contributed by atoms with E-state index in [-0.39, 0.29) is 5.41 Å². The zero-order chi connectivity index (χ0) is 15.2. The van der Waals surface area contributed by atoms with Gasteiger partial charge >= 0.3 is 0 Å². The molecule has 3 aromatic carbocycles. The fourth-order valence-corrected chi connectivity index (χ4v) is 3.69. The SMILES string of the molecule is CC1(C)Cc2cc(-c3ccccc3)ccc2-c2ccccc21. The third-order valence-electron chi connectivity index (χ3n) is 4.79. The molecule has 0 radical (unpaired) electrons. The van der Waals surface area contributed by atoms with Crippen LogP contribution in [0.2, 0.25) is 0 Å². The lowest BCUT2D eigenvalue weighted by Gasteiger charge is -2.34. The van der Waals surface area contributed by atoms with Crippen molar-refractivity contribution in [3.63, 3.8) is 0 Å². The summed E-state index contributed by atoms with van der Waals surface area (Å²) >= 11 is 0. The molecule has 108 valence electrons. The Kier molecular flexibility index (Phi) is 2.94. The third-order valence-corrected chi connectivity index (χ3v) is 4.79. The molecule has 1 aliphatic carbocycles. The van der Waals surface area contributed by atoms with E-state index in [9.17, 15) is 0 Å². The molecule has 3 aromatic rings. The van der Waals surface area contributed by atoms with Crippen molar-refractivity contribution in [2.24, 2.45) is 0 Å². The molecule has 0 heteroatoms. The first-order chi connectivity index (χ1) is 10.6. The summed E-state index contributed by atoms with van der Waals surface area (Å²) in [6.07, 6.45) is 1.10. The molecule has 0 unspecified atom stereocenters. The summed E-state index contributed by atoms with van der Waals surface area (Å²) in [7, 11) is 0. The van der Waals surface area contributed by atoms with Gasteiger partial charge in [0, 0.05) is 0 Å². The molecule has 0 spiro atoms. The van der Waals surface area contributed by atoms with E-state index in [1.165, 1.54) is 33.4 Å². The van der Waals surface area contributed by atoms with E-state index in [4.69, 9.17) is 0 Å². The number of hydrogen-bond acceptors (Lipinski definition) is 0. The van der Waals surface area contributed by atoms with Gasteiger partial charge in [-0.2, -0.15) is 0 Å². The maximum atomic E-state index is 2.38. The first-order valence-electron chi connectivity index (χ1n) is 7.93. The Hall–Kier alpha value is -2.34. The van der Waals surface area contributed by atoms with Crippen LogP contribution in [0.5, 0.6) is 0 Å². The molecule has 0 saturated carbocycles. The van der Waals surface area contributed by atoms with Crippen LogP contribution in [0.1, 0.15) is 25.0 Å². The van der Waals surface area contributed by atoms with E-state index in [0.717, 1.165) is 6.42 Å². The van der Waals surface area contributed by atoms with Crippen LogP contribution in [0.3, 0.4) is 0 Å². The van der Waals surface area contributed by atoms with Crippen molar-refractivity contribution in [3.8, 4) is 22.3 Å². The summed E-state index contributed by atoms with van der Waals surface area (Å²) in [5, 5.41) is 0. The number of benzene rings is 3. The molecule has 0 bridgehead atoms. The van der Waals surface area contributed by atoms with Gasteiger partial charge in [0.25, 0.3) is 0 Å². The van der Waals surface area contributed by atoms with Crippen molar-refractivity contribution in [3.05, 3.63) is 83.9 Å². The Bertz CT molecular complexity index is 826. The summed E-state index contributed by atoms with van der Waals surface area (Å²) < 4.78 is 0. The standard InChI is InChI=1S/C22H20/c1-22(2)15-18-14-17(16-8-4-3-5-9-16)12-13-19(18)20-10-6-7-11-21(20)22/h3-14H,15H2,1-2H3. The van der Waals surface area contributed by atoms with Crippen LogP contribution >= 0.6 is 0 Å². The van der Waals surface area contributed by atoms with Gasteiger partial charge in [0.2, 0.25) is 0 Å². The maximum Gasteiger partial charge on any atom is -0.00568 e. The predicted octanol–water partition coefficient (Wildman–Crippen LogP) is 5.85. The number of rotatable bonds is 1. The molecule has 22 heavy (non-hydrogen) atoms. The minimum Gasteiger partial charge on any atom is -0.0622 e. The predicted molar refractivity (Wildman–Crippen MR) is 94.0 cm³/mol. The maximum absolute atomic E-state index is 2.38. The summed E-state index contributed by atoms with van der Waals surface area (Å²) in [6.45, 7) is 4.70. The van der Waals surface area contributed by atoms with Gasteiger partial charge in [-0.25, -0.2) is 0 Å². The van der Waals surface area contributed by atoms with E-state index in [1.54, 1.807) is 0 Å². The van der Waals surface area contributed by atoms with Crippen LogP contribution in [0.4, 0.5) is 0 Å². The van der Waals surface area contributed by atoms with Gasteiger partial charge in [-0.15, -0.1) is 0 Å². The van der Waals surface area contributed by atoms with E-state index in [2.05, 4.69) is 86.6 Å². The summed E-state index contributed by atoms with van der Waals surface area (Å²) in [4.78, 5) is 0. The van der Waals surface area contributed by atoms with Crippen LogP contribution in [0.15, 0.2) is 72.8 Å². The second kappa shape index (κ2) is 4.84. The zero-order valence-corrected chi connectivity index (χ0v) is 13.1. The van der Waals surface area contributed by atoms with Crippen molar-refractivity contribution >= 4 is 0 Å². The van der Waals surface area contributed by atoms with Crippen LogP contribution < -0.4 is 0 Å². The number of hydrogen-bond donors (Lipinski definition) is 0. The molecule has 1 aliphatic rings. The molecule has 0 N–H and O–H groups in total. The lowest BCUT2D eigenvalue weighted by molar-refractivity contribution is 0.517. The van der Waals surface area contributed by atoms with Crippen LogP contribution in [0, 0.1) is 0 Å². The molecule has 0 heterocycles. The van der Waals surface area contributed by atoms with Gasteiger partial charge in [-0.1, -0.05) is 86.6 Å². The van der Waals surface area contributed by atoms with E-state index < -0.39 is 0 Å². The van der Waals surface area contributed by atoms with Crippen molar-refractivity contribution in [2.45, 2.75) is 25.7 Å². The van der Waals surface area contributed by atoms with Crippen molar-refractivity contribution in [1.29, 1.82) is 0 Å². The molecule has 4 rings (SSSR count). The van der Waals surface area contributed by atoms with E-state index >= 15 is 0 Å². The fourth-order valence-electron chi connectivity index (χ4n) is 3.69. The van der Waals surface area contributed by atoms with E-state index in [1.807, 2.05) is 0 Å². The fraction of sp³-hybridized carbons (Fsp3) is 0.182. The van der Waals surface area contributed by atoms with Crippen molar-refractivity contribution in [1.82, 2.24) is 0 Å². The zero-order valence-electron chi connectivity index (χ0n) is 13.1. The minimum atomic E-state index is 0.193. The third kappa shape index (κ3) is 2.07. The van der Waals surface area contributed by atoms with Crippen molar-refractivity contribution < 1.29 is 0 Å². The lowest BCUT2D eigenvalue weighted by Crippen LogP contribution is -2.25. The Morgan fingerprint density at radius 1 is 0.682 bits per heavy atom. The highest BCUT2D eigenvalue weighted by molar-refractivity contribution is 5.78. The van der Waals surface area contributed by atoms with Crippen molar-refractivity contribution in [2.75, 3.05) is 0 Å². The largest absolute Gasteiger partial charge is 0.0622 e. The monoisotopic (exact) mass is 284 g/mol. The summed E-state index contributed by atoms with van der Waals surface area (Å²) in [5.74, 6) is 0. The Morgan fingerprint density at radius 3 is 2.23 bits per heavy atom. The highest BCUT2D eigenvalue weighted by Gasteiger charge is 2.30. The average molecular weight is 284 g/mol. The molecule has 0 atom stereocenters. The number of fused-ring (bicyclic) bond motifs is 3. The second-order valence-electron chi connectivity index (χ2n) is 6.84. The molecule has 0 saturated heterocycles. The van der Waals surface area contributed by atoms with Crippen LogP contribution in [-0.2, 0) is 11.8 Å². The lowest BCUT2D eigenvalue weighted by atomic mass is 9.70. The highest BCUT2D eigenvalue weighted by Crippen LogP contribution is 2.43. The highest BCUT2D eigenvalue weighted by atomic mass is 14.3. The molecular formula is C22H20. The average Bonchev–Trinajstić information content (AvgIpc) is 2.55. The quantitative estimate of drug-likeness (QED) is 0.525. The molecule has 0 aromatic heterocycles. The van der Waals surface area contributed by atoms with Gasteiger partial charge < -0.3 is 0 Å². The Balaban J connectivity index is 1.90. The van der Waals surface area contributed by atoms with Gasteiger partial charge in [0.1, 0.15) is 0 Å². The van der Waals surface area contributed by atoms with Gasteiger partial charge in [0.15, 0.2) is 0 Å². The normalized spacial score (nSPS) is 15.0. The van der Waals surface area contributed by atoms with Gasteiger partial charge in [-0.05, 0) is 45.2 Å².